The Balaban J connectivity index is 2.29. The molecule has 7 heteroatoms. The topological polar surface area (TPSA) is 62.3 Å². The highest BCUT2D eigenvalue weighted by Gasteiger charge is 2.35. The zero-order chi connectivity index (χ0) is 14.9. The first kappa shape index (κ1) is 15.5. The fourth-order valence-corrected chi connectivity index (χ4v) is 4.19. The van der Waals surface area contributed by atoms with Crippen LogP contribution in [0.3, 0.4) is 0 Å². The number of nitrogens with one attached hydrogen (secondary N) is 1. The van der Waals surface area contributed by atoms with E-state index in [1.807, 2.05) is 6.92 Å². The molecule has 20 heavy (non-hydrogen) atoms. The number of sulfonamides is 1. The van der Waals surface area contributed by atoms with E-state index in [4.69, 9.17) is 11.6 Å². The highest BCUT2D eigenvalue weighted by Crippen LogP contribution is 2.30. The summed E-state index contributed by atoms with van der Waals surface area (Å²) in [5.74, 6) is 1.25. The average Bonchev–Trinajstić information content (AvgIpc) is 2.73. The molecule has 112 valence electrons. The maximum Gasteiger partial charge on any atom is 0.244 e. The van der Waals surface area contributed by atoms with Gasteiger partial charge in [0.15, 0.2) is 0 Å². The summed E-state index contributed by atoms with van der Waals surface area (Å²) >= 11 is 6.07. The molecule has 1 aliphatic rings. The third kappa shape index (κ3) is 2.92. The highest BCUT2D eigenvalue weighted by molar-refractivity contribution is 7.89. The summed E-state index contributed by atoms with van der Waals surface area (Å²) in [6.45, 7) is 7.85. The molecule has 0 saturated carbocycles. The van der Waals surface area contributed by atoms with Gasteiger partial charge in [0.25, 0.3) is 0 Å². The molecule has 1 aromatic rings. The molecular formula is C13H20ClN3O2S. The van der Waals surface area contributed by atoms with E-state index in [1.54, 1.807) is 0 Å². The molecule has 0 bridgehead atoms. The Morgan fingerprint density at radius 1 is 1.40 bits per heavy atom. The smallest absolute Gasteiger partial charge is 0.244 e. The van der Waals surface area contributed by atoms with Crippen LogP contribution in [0.5, 0.6) is 0 Å². The monoisotopic (exact) mass is 317 g/mol. The molecule has 2 rings (SSSR count). The number of aromatic nitrogens is 1. The van der Waals surface area contributed by atoms with Crippen LogP contribution in [0.15, 0.2) is 17.2 Å². The van der Waals surface area contributed by atoms with Gasteiger partial charge in [0, 0.05) is 25.8 Å². The summed E-state index contributed by atoms with van der Waals surface area (Å²) in [6, 6.07) is 1.47. The average molecular weight is 318 g/mol. The standard InChI is InChI=1S/C13H20ClN3O2S/c1-4-15-13-12(14)5-11(6-16-13)20(18,19)17-7-9(2)10(3)8-17/h5-6,9-10H,4,7-8H2,1-3H3,(H,15,16). The van der Waals surface area contributed by atoms with Gasteiger partial charge in [-0.3, -0.25) is 0 Å². The van der Waals surface area contributed by atoms with E-state index < -0.39 is 10.0 Å². The van der Waals surface area contributed by atoms with Crippen LogP contribution in [0.4, 0.5) is 5.82 Å². The van der Waals surface area contributed by atoms with Gasteiger partial charge in [-0.1, -0.05) is 25.4 Å². The molecular weight excluding hydrogens is 298 g/mol. The fourth-order valence-electron chi connectivity index (χ4n) is 2.28. The summed E-state index contributed by atoms with van der Waals surface area (Å²) in [4.78, 5) is 4.25. The van der Waals surface area contributed by atoms with E-state index in [1.165, 1.54) is 16.6 Å². The Morgan fingerprint density at radius 3 is 2.50 bits per heavy atom. The number of hydrogen-bond donors (Lipinski definition) is 1. The van der Waals surface area contributed by atoms with Gasteiger partial charge in [-0.2, -0.15) is 4.31 Å². The summed E-state index contributed by atoms with van der Waals surface area (Å²) < 4.78 is 26.6. The van der Waals surface area contributed by atoms with Crippen LogP contribution < -0.4 is 5.32 Å². The van der Waals surface area contributed by atoms with Crippen molar-refractivity contribution >= 4 is 27.4 Å². The van der Waals surface area contributed by atoms with Crippen molar-refractivity contribution in [3.63, 3.8) is 0 Å². The van der Waals surface area contributed by atoms with Crippen LogP contribution in [0, 0.1) is 11.8 Å². The highest BCUT2D eigenvalue weighted by atomic mass is 35.5. The lowest BCUT2D eigenvalue weighted by molar-refractivity contribution is 0.463. The number of pyridine rings is 1. The Hall–Kier alpha value is -0.850. The van der Waals surface area contributed by atoms with Crippen molar-refractivity contribution in [2.75, 3.05) is 25.0 Å². The molecule has 1 saturated heterocycles. The van der Waals surface area contributed by atoms with Crippen molar-refractivity contribution in [3.8, 4) is 0 Å². The van der Waals surface area contributed by atoms with E-state index in [0.717, 1.165) is 0 Å². The van der Waals surface area contributed by atoms with E-state index in [0.29, 0.717) is 42.3 Å². The molecule has 0 aliphatic carbocycles. The molecule has 1 N–H and O–H groups in total. The lowest BCUT2D eigenvalue weighted by Crippen LogP contribution is -2.29. The van der Waals surface area contributed by atoms with Gasteiger partial charge in [0.2, 0.25) is 10.0 Å². The van der Waals surface area contributed by atoms with E-state index in [9.17, 15) is 8.42 Å². The molecule has 2 heterocycles. The minimum absolute atomic E-state index is 0.158. The Bertz CT molecular complexity index is 581. The first-order valence-electron chi connectivity index (χ1n) is 6.75. The van der Waals surface area contributed by atoms with Crippen molar-refractivity contribution in [3.05, 3.63) is 17.3 Å². The largest absolute Gasteiger partial charge is 0.369 e. The summed E-state index contributed by atoms with van der Waals surface area (Å²) in [7, 11) is -3.50. The molecule has 0 radical (unpaired) electrons. The quantitative estimate of drug-likeness (QED) is 0.926. The van der Waals surface area contributed by atoms with Crippen molar-refractivity contribution in [2.24, 2.45) is 11.8 Å². The van der Waals surface area contributed by atoms with Gasteiger partial charge in [-0.15, -0.1) is 0 Å². The number of halogens is 1. The third-order valence-corrected chi connectivity index (χ3v) is 5.84. The first-order chi connectivity index (χ1) is 9.36. The van der Waals surface area contributed by atoms with E-state index in [-0.39, 0.29) is 4.90 Å². The molecule has 1 aromatic heterocycles. The van der Waals surface area contributed by atoms with Crippen LogP contribution in [-0.4, -0.2) is 37.3 Å². The first-order valence-corrected chi connectivity index (χ1v) is 8.57. The van der Waals surface area contributed by atoms with E-state index in [2.05, 4.69) is 24.1 Å². The number of rotatable bonds is 4. The van der Waals surface area contributed by atoms with Crippen LogP contribution in [0.1, 0.15) is 20.8 Å². The Morgan fingerprint density at radius 2 is 2.00 bits per heavy atom. The van der Waals surface area contributed by atoms with Crippen LogP contribution in [0.2, 0.25) is 5.02 Å². The molecule has 1 aliphatic heterocycles. The molecule has 1 fully saturated rings. The second kappa shape index (κ2) is 5.87. The Kier molecular flexibility index (Phi) is 4.56. The molecule has 0 amide bonds. The lowest BCUT2D eigenvalue weighted by atomic mass is 10.0. The maximum atomic E-state index is 12.6. The second-order valence-electron chi connectivity index (χ2n) is 5.31. The summed E-state index contributed by atoms with van der Waals surface area (Å²) in [5.41, 5.74) is 0. The van der Waals surface area contributed by atoms with E-state index >= 15 is 0 Å². The van der Waals surface area contributed by atoms with Gasteiger partial charge in [-0.05, 0) is 24.8 Å². The molecule has 2 atom stereocenters. The number of anilines is 1. The molecule has 0 spiro atoms. The van der Waals surface area contributed by atoms with Gasteiger partial charge >= 0.3 is 0 Å². The van der Waals surface area contributed by atoms with Crippen molar-refractivity contribution in [1.29, 1.82) is 0 Å². The minimum Gasteiger partial charge on any atom is -0.369 e. The number of hydrogen-bond acceptors (Lipinski definition) is 4. The van der Waals surface area contributed by atoms with Gasteiger partial charge in [-0.25, -0.2) is 13.4 Å². The molecule has 2 unspecified atom stereocenters. The zero-order valence-corrected chi connectivity index (χ0v) is 13.5. The summed E-state index contributed by atoms with van der Waals surface area (Å²) in [5, 5.41) is 3.31. The van der Waals surface area contributed by atoms with Crippen molar-refractivity contribution in [2.45, 2.75) is 25.7 Å². The predicted molar refractivity (Wildman–Crippen MR) is 80.5 cm³/mol. The van der Waals surface area contributed by atoms with Crippen molar-refractivity contribution in [1.82, 2.24) is 9.29 Å². The van der Waals surface area contributed by atoms with Crippen LogP contribution in [-0.2, 0) is 10.0 Å². The Labute approximate surface area is 125 Å². The molecule has 0 aromatic carbocycles. The molecule has 5 nitrogen and oxygen atoms in total. The van der Waals surface area contributed by atoms with Crippen LogP contribution in [0.25, 0.3) is 0 Å². The van der Waals surface area contributed by atoms with Gasteiger partial charge in [0.1, 0.15) is 10.7 Å². The minimum atomic E-state index is -3.50. The number of nitrogens with zero attached hydrogens (tertiary/aromatic N) is 2. The normalized spacial score (nSPS) is 24.0. The third-order valence-electron chi connectivity index (χ3n) is 3.75. The zero-order valence-electron chi connectivity index (χ0n) is 11.9. The fraction of sp³-hybridized carbons (Fsp3) is 0.615. The SMILES string of the molecule is CCNc1ncc(S(=O)(=O)N2CC(C)C(C)C2)cc1Cl. The van der Waals surface area contributed by atoms with Gasteiger partial charge in [0.05, 0.1) is 5.02 Å². The second-order valence-corrected chi connectivity index (χ2v) is 7.65. The lowest BCUT2D eigenvalue weighted by Gasteiger charge is -2.16. The summed E-state index contributed by atoms with van der Waals surface area (Å²) in [6.07, 6.45) is 1.37. The van der Waals surface area contributed by atoms with Crippen LogP contribution >= 0.6 is 11.6 Å². The van der Waals surface area contributed by atoms with Gasteiger partial charge < -0.3 is 5.32 Å². The predicted octanol–water partition coefficient (Wildman–Crippen LogP) is 2.44. The maximum absolute atomic E-state index is 12.6. The van der Waals surface area contributed by atoms with Crippen molar-refractivity contribution < 1.29 is 8.42 Å².